The largest absolute Gasteiger partial charge is 0.329 e. The maximum Gasteiger partial charge on any atom is 0.318 e. The zero-order chi connectivity index (χ0) is 13.8. The number of nitrogens with one attached hydrogen (secondary N) is 1. The van der Waals surface area contributed by atoms with Crippen LogP contribution < -0.4 is 11.1 Å². The third-order valence-electron chi connectivity index (χ3n) is 3.41. The summed E-state index contributed by atoms with van der Waals surface area (Å²) in [4.78, 5) is 13.5. The van der Waals surface area contributed by atoms with Gasteiger partial charge in [0.1, 0.15) is 0 Å². The fourth-order valence-corrected chi connectivity index (χ4v) is 2.48. The van der Waals surface area contributed by atoms with E-state index in [2.05, 4.69) is 43.4 Å². The molecule has 1 fully saturated rings. The second-order valence-electron chi connectivity index (χ2n) is 5.58. The van der Waals surface area contributed by atoms with E-state index in [0.29, 0.717) is 25.6 Å². The summed E-state index contributed by atoms with van der Waals surface area (Å²) in [7, 11) is 0. The van der Waals surface area contributed by atoms with Gasteiger partial charge in [-0.15, -0.1) is 0 Å². The Kier molecular flexibility index (Phi) is 4.43. The Hall–Kier alpha value is -1.55. The van der Waals surface area contributed by atoms with Crippen LogP contribution in [-0.2, 0) is 6.42 Å². The van der Waals surface area contributed by atoms with Gasteiger partial charge in [0.25, 0.3) is 0 Å². The Morgan fingerprint density at radius 1 is 1.37 bits per heavy atom. The van der Waals surface area contributed by atoms with Crippen LogP contribution >= 0.6 is 0 Å². The first-order valence-corrected chi connectivity index (χ1v) is 6.94. The van der Waals surface area contributed by atoms with Crippen molar-refractivity contribution in [3.05, 3.63) is 35.4 Å². The summed E-state index contributed by atoms with van der Waals surface area (Å²) in [6.45, 7) is 6.27. The molecule has 19 heavy (non-hydrogen) atoms. The van der Waals surface area contributed by atoms with Gasteiger partial charge >= 0.3 is 6.03 Å². The van der Waals surface area contributed by atoms with E-state index in [1.807, 2.05) is 0 Å². The molecule has 1 aliphatic rings. The van der Waals surface area contributed by atoms with Gasteiger partial charge in [-0.2, -0.15) is 0 Å². The lowest BCUT2D eigenvalue weighted by Crippen LogP contribution is -2.32. The van der Waals surface area contributed by atoms with Crippen LogP contribution in [0.1, 0.15) is 31.0 Å². The molecular formula is C15H23N3O. The van der Waals surface area contributed by atoms with E-state index < -0.39 is 0 Å². The molecule has 1 heterocycles. The molecule has 0 aliphatic carbocycles. The number of hydrogen-bond donors (Lipinski definition) is 2. The summed E-state index contributed by atoms with van der Waals surface area (Å²) in [6.07, 6.45) is 1.09. The molecule has 4 heteroatoms. The highest BCUT2D eigenvalue weighted by Gasteiger charge is 2.28. The van der Waals surface area contributed by atoms with Crippen molar-refractivity contribution in [2.75, 3.05) is 19.6 Å². The molecule has 0 spiro atoms. The van der Waals surface area contributed by atoms with Gasteiger partial charge in [-0.05, 0) is 23.5 Å². The molecule has 1 saturated heterocycles. The first-order chi connectivity index (χ1) is 9.10. The molecule has 104 valence electrons. The van der Waals surface area contributed by atoms with E-state index in [-0.39, 0.29) is 12.1 Å². The molecule has 1 unspecified atom stereocenters. The lowest BCUT2D eigenvalue weighted by atomic mass is 9.99. The van der Waals surface area contributed by atoms with E-state index >= 15 is 0 Å². The SMILES string of the molecule is CC(C)Cc1ccc(C2CN(CCN)C(=O)N2)cc1. The van der Waals surface area contributed by atoms with Gasteiger partial charge in [0, 0.05) is 19.6 Å². The molecule has 1 aromatic rings. The van der Waals surface area contributed by atoms with Gasteiger partial charge in [0.2, 0.25) is 0 Å². The van der Waals surface area contributed by atoms with Gasteiger partial charge in [-0.25, -0.2) is 4.79 Å². The van der Waals surface area contributed by atoms with Crippen molar-refractivity contribution in [1.29, 1.82) is 0 Å². The maximum absolute atomic E-state index is 11.7. The van der Waals surface area contributed by atoms with Gasteiger partial charge in [0.15, 0.2) is 0 Å². The van der Waals surface area contributed by atoms with Crippen LogP contribution in [0.4, 0.5) is 4.79 Å². The predicted molar refractivity (Wildman–Crippen MR) is 76.9 cm³/mol. The van der Waals surface area contributed by atoms with Crippen LogP contribution in [0.2, 0.25) is 0 Å². The number of carbonyl (C=O) groups excluding carboxylic acids is 1. The average molecular weight is 261 g/mol. The summed E-state index contributed by atoms with van der Waals surface area (Å²) in [5, 5.41) is 3.00. The number of urea groups is 1. The van der Waals surface area contributed by atoms with Crippen LogP contribution in [0.5, 0.6) is 0 Å². The molecular weight excluding hydrogens is 238 g/mol. The van der Waals surface area contributed by atoms with Crippen LogP contribution in [-0.4, -0.2) is 30.6 Å². The van der Waals surface area contributed by atoms with E-state index in [0.717, 1.165) is 6.42 Å². The lowest BCUT2D eigenvalue weighted by molar-refractivity contribution is 0.218. The van der Waals surface area contributed by atoms with Crippen molar-refractivity contribution in [3.8, 4) is 0 Å². The highest BCUT2D eigenvalue weighted by atomic mass is 16.2. The van der Waals surface area contributed by atoms with Crippen molar-refractivity contribution < 1.29 is 4.79 Å². The Labute approximate surface area is 115 Å². The third-order valence-corrected chi connectivity index (χ3v) is 3.41. The number of rotatable bonds is 5. The van der Waals surface area contributed by atoms with E-state index in [9.17, 15) is 4.79 Å². The first-order valence-electron chi connectivity index (χ1n) is 6.94. The molecule has 3 N–H and O–H groups in total. The van der Waals surface area contributed by atoms with Crippen molar-refractivity contribution in [1.82, 2.24) is 10.2 Å². The fourth-order valence-electron chi connectivity index (χ4n) is 2.48. The number of carbonyl (C=O) groups is 1. The molecule has 2 rings (SSSR count). The average Bonchev–Trinajstić information content (AvgIpc) is 2.72. The van der Waals surface area contributed by atoms with Crippen molar-refractivity contribution in [2.24, 2.45) is 11.7 Å². The molecule has 0 bridgehead atoms. The highest BCUT2D eigenvalue weighted by Crippen LogP contribution is 2.21. The normalized spacial score (nSPS) is 19.1. The molecule has 1 aliphatic heterocycles. The summed E-state index contributed by atoms with van der Waals surface area (Å²) in [6, 6.07) is 8.64. The predicted octanol–water partition coefficient (Wildman–Crippen LogP) is 1.91. The summed E-state index contributed by atoms with van der Waals surface area (Å²) in [5.74, 6) is 0.664. The fraction of sp³-hybridized carbons (Fsp3) is 0.533. The molecule has 0 aromatic heterocycles. The Morgan fingerprint density at radius 3 is 2.63 bits per heavy atom. The topological polar surface area (TPSA) is 58.4 Å². The molecule has 0 saturated carbocycles. The maximum atomic E-state index is 11.7. The van der Waals surface area contributed by atoms with E-state index in [4.69, 9.17) is 5.73 Å². The molecule has 2 amide bonds. The van der Waals surface area contributed by atoms with Crippen molar-refractivity contribution >= 4 is 6.03 Å². The Morgan fingerprint density at radius 2 is 2.05 bits per heavy atom. The smallest absolute Gasteiger partial charge is 0.318 e. The van der Waals surface area contributed by atoms with Crippen LogP contribution in [0.3, 0.4) is 0 Å². The summed E-state index contributed by atoms with van der Waals surface area (Å²) < 4.78 is 0. The number of hydrogen-bond acceptors (Lipinski definition) is 2. The quantitative estimate of drug-likeness (QED) is 0.850. The molecule has 0 radical (unpaired) electrons. The van der Waals surface area contributed by atoms with Crippen molar-refractivity contribution in [2.45, 2.75) is 26.3 Å². The number of amides is 2. The number of nitrogens with zero attached hydrogens (tertiary/aromatic N) is 1. The standard InChI is InChI=1S/C15H23N3O/c1-11(2)9-12-3-5-13(6-4-12)14-10-18(8-7-16)15(19)17-14/h3-6,11,14H,7-10,16H2,1-2H3,(H,17,19). The minimum atomic E-state index is -0.0123. The van der Waals surface area contributed by atoms with E-state index in [1.165, 1.54) is 11.1 Å². The summed E-state index contributed by atoms with van der Waals surface area (Å²) in [5.41, 5.74) is 8.02. The van der Waals surface area contributed by atoms with Crippen LogP contribution in [0.25, 0.3) is 0 Å². The van der Waals surface area contributed by atoms with Crippen LogP contribution in [0, 0.1) is 5.92 Å². The lowest BCUT2D eigenvalue weighted by Gasteiger charge is -2.13. The minimum Gasteiger partial charge on any atom is -0.329 e. The Bertz CT molecular complexity index is 428. The first kappa shape index (κ1) is 13.9. The number of nitrogens with two attached hydrogens (primary N) is 1. The zero-order valence-corrected chi connectivity index (χ0v) is 11.7. The van der Waals surface area contributed by atoms with Crippen LogP contribution in [0.15, 0.2) is 24.3 Å². The second kappa shape index (κ2) is 6.06. The molecule has 1 aromatic carbocycles. The zero-order valence-electron chi connectivity index (χ0n) is 11.7. The minimum absolute atomic E-state index is 0.0123. The summed E-state index contributed by atoms with van der Waals surface area (Å²) >= 11 is 0. The van der Waals surface area contributed by atoms with Gasteiger partial charge in [-0.3, -0.25) is 0 Å². The highest BCUT2D eigenvalue weighted by molar-refractivity contribution is 5.77. The van der Waals surface area contributed by atoms with Gasteiger partial charge < -0.3 is 16.0 Å². The van der Waals surface area contributed by atoms with Gasteiger partial charge in [0.05, 0.1) is 6.04 Å². The Balaban J connectivity index is 2.01. The second-order valence-corrected chi connectivity index (χ2v) is 5.58. The van der Waals surface area contributed by atoms with Gasteiger partial charge in [-0.1, -0.05) is 38.1 Å². The monoisotopic (exact) mass is 261 g/mol. The van der Waals surface area contributed by atoms with Crippen molar-refractivity contribution in [3.63, 3.8) is 0 Å². The molecule has 4 nitrogen and oxygen atoms in total. The van der Waals surface area contributed by atoms with E-state index in [1.54, 1.807) is 4.90 Å². The number of benzene rings is 1. The third kappa shape index (κ3) is 3.47. The molecule has 1 atom stereocenters.